The molecule has 2 rings (SSSR count). The molecule has 126 valence electrons. The van der Waals surface area contributed by atoms with E-state index in [9.17, 15) is 25.0 Å². The summed E-state index contributed by atoms with van der Waals surface area (Å²) in [5.41, 5.74) is -1.74. The van der Waals surface area contributed by atoms with Crippen molar-refractivity contribution >= 4 is 17.3 Å². The Hall–Kier alpha value is -2.77. The summed E-state index contributed by atoms with van der Waals surface area (Å²) in [6.07, 6.45) is 6.16. The molecule has 1 N–H and O–H groups in total. The maximum Gasteiger partial charge on any atom is 0.336 e. The summed E-state index contributed by atoms with van der Waals surface area (Å²) in [5.74, 6) is -0.427. The third-order valence-electron chi connectivity index (χ3n) is 2.77. The van der Waals surface area contributed by atoms with Gasteiger partial charge in [0.2, 0.25) is 0 Å². The molecule has 0 atom stereocenters. The first-order valence-corrected chi connectivity index (χ1v) is 7.13. The van der Waals surface area contributed by atoms with Crippen molar-refractivity contribution in [3.63, 3.8) is 0 Å². The molecule has 1 aromatic rings. The number of nitro benzene ring substituents is 2. The van der Waals surface area contributed by atoms with Gasteiger partial charge in [0, 0.05) is 12.1 Å². The summed E-state index contributed by atoms with van der Waals surface area (Å²) in [6, 6.07) is 2.22. The van der Waals surface area contributed by atoms with Crippen LogP contribution in [0.25, 0.3) is 0 Å². The number of nitro groups is 2. The molecular formula is C15H20N2O6. The molecule has 0 aromatic heterocycles. The van der Waals surface area contributed by atoms with Crippen LogP contribution < -0.4 is 0 Å². The highest BCUT2D eigenvalue weighted by molar-refractivity contribution is 5.89. The lowest BCUT2D eigenvalue weighted by Crippen LogP contribution is -2.00. The fourth-order valence-electron chi connectivity index (χ4n) is 1.52. The highest BCUT2D eigenvalue weighted by Crippen LogP contribution is 2.32. The monoisotopic (exact) mass is 324 g/mol. The van der Waals surface area contributed by atoms with Crippen LogP contribution in [0.2, 0.25) is 0 Å². The van der Waals surface area contributed by atoms with Crippen molar-refractivity contribution in [1.29, 1.82) is 0 Å². The lowest BCUT2D eigenvalue weighted by Gasteiger charge is -1.96. The van der Waals surface area contributed by atoms with Gasteiger partial charge in [-0.2, -0.15) is 0 Å². The van der Waals surface area contributed by atoms with Crippen LogP contribution in [-0.2, 0) is 0 Å². The predicted octanol–water partition coefficient (Wildman–Crippen LogP) is 4.20. The third-order valence-corrected chi connectivity index (χ3v) is 2.77. The molecule has 0 amide bonds. The SMILES string of the molecule is C=CCC1CC1.CC.O=C(O)c1cc([N+](=O)[O-])cc([N+](=O)[O-])c1. The van der Waals surface area contributed by atoms with Crippen molar-refractivity contribution in [1.82, 2.24) is 0 Å². The van der Waals surface area contributed by atoms with E-state index in [0.717, 1.165) is 18.1 Å². The molecular weight excluding hydrogens is 304 g/mol. The molecule has 1 saturated carbocycles. The maximum absolute atomic E-state index is 10.5. The maximum atomic E-state index is 10.5. The Morgan fingerprint density at radius 1 is 1.22 bits per heavy atom. The quantitative estimate of drug-likeness (QED) is 0.491. The van der Waals surface area contributed by atoms with Gasteiger partial charge in [0.1, 0.15) is 0 Å². The van der Waals surface area contributed by atoms with Crippen LogP contribution >= 0.6 is 0 Å². The summed E-state index contributed by atoms with van der Waals surface area (Å²) in [7, 11) is 0. The lowest BCUT2D eigenvalue weighted by molar-refractivity contribution is -0.394. The van der Waals surface area contributed by atoms with Gasteiger partial charge in [-0.1, -0.05) is 19.9 Å². The fraction of sp³-hybridized carbons (Fsp3) is 0.400. The largest absolute Gasteiger partial charge is 0.478 e. The summed E-state index contributed by atoms with van der Waals surface area (Å²) in [4.78, 5) is 29.4. The number of non-ortho nitro benzene ring substituents is 2. The molecule has 1 aliphatic rings. The van der Waals surface area contributed by atoms with Gasteiger partial charge in [0.25, 0.3) is 11.4 Å². The molecule has 8 heteroatoms. The average Bonchev–Trinajstić information content (AvgIpc) is 3.34. The van der Waals surface area contributed by atoms with Gasteiger partial charge >= 0.3 is 5.97 Å². The fourth-order valence-corrected chi connectivity index (χ4v) is 1.52. The van der Waals surface area contributed by atoms with Crippen LogP contribution in [0.1, 0.15) is 43.5 Å². The van der Waals surface area contributed by atoms with Gasteiger partial charge < -0.3 is 5.11 Å². The average molecular weight is 324 g/mol. The minimum absolute atomic E-state index is 0.490. The minimum atomic E-state index is -1.46. The number of nitrogens with zero attached hydrogens (tertiary/aromatic N) is 2. The normalized spacial score (nSPS) is 11.9. The Kier molecular flexibility index (Phi) is 8.83. The standard InChI is InChI=1S/C7H4N2O6.C6H10.C2H6/c10-7(11)4-1-5(8(12)13)3-6(2-4)9(14)15;1-2-3-6-4-5-6;1-2/h1-3H,(H,10,11);2,6H,1,3-5H2;1-2H3. The van der Waals surface area contributed by atoms with Crippen LogP contribution in [0.4, 0.5) is 11.4 Å². The Labute approximate surface area is 133 Å². The number of carboxylic acid groups (broad SMARTS) is 1. The van der Waals surface area contributed by atoms with E-state index in [1.807, 2.05) is 19.9 Å². The van der Waals surface area contributed by atoms with Crippen molar-refractivity contribution in [3.05, 3.63) is 56.6 Å². The molecule has 0 heterocycles. The number of aromatic carboxylic acids is 1. The van der Waals surface area contributed by atoms with E-state index in [1.165, 1.54) is 19.3 Å². The zero-order valence-corrected chi connectivity index (χ0v) is 13.1. The molecule has 0 aliphatic heterocycles. The summed E-state index contributed by atoms with van der Waals surface area (Å²) < 4.78 is 0. The van der Waals surface area contributed by atoms with Crippen molar-refractivity contribution in [2.24, 2.45) is 5.92 Å². The first-order valence-electron chi connectivity index (χ1n) is 7.13. The Morgan fingerprint density at radius 2 is 1.65 bits per heavy atom. The van der Waals surface area contributed by atoms with E-state index >= 15 is 0 Å². The Morgan fingerprint density at radius 3 is 1.87 bits per heavy atom. The first-order chi connectivity index (χ1) is 10.8. The van der Waals surface area contributed by atoms with Crippen LogP contribution in [-0.4, -0.2) is 20.9 Å². The molecule has 1 aromatic carbocycles. The van der Waals surface area contributed by atoms with Crippen molar-refractivity contribution < 1.29 is 19.7 Å². The minimum Gasteiger partial charge on any atom is -0.478 e. The second kappa shape index (κ2) is 10.0. The van der Waals surface area contributed by atoms with Crippen LogP contribution in [0.15, 0.2) is 30.9 Å². The number of hydrogen-bond donors (Lipinski definition) is 1. The summed E-state index contributed by atoms with van der Waals surface area (Å²) >= 11 is 0. The second-order valence-corrected chi connectivity index (χ2v) is 4.53. The molecule has 0 bridgehead atoms. The van der Waals surface area contributed by atoms with Gasteiger partial charge in [-0.3, -0.25) is 20.2 Å². The summed E-state index contributed by atoms with van der Waals surface area (Å²) in [6.45, 7) is 7.64. The highest BCUT2D eigenvalue weighted by atomic mass is 16.6. The number of hydrogen-bond acceptors (Lipinski definition) is 5. The smallest absolute Gasteiger partial charge is 0.336 e. The number of allylic oxidation sites excluding steroid dienone is 1. The molecule has 1 aliphatic carbocycles. The van der Waals surface area contributed by atoms with E-state index in [2.05, 4.69) is 6.58 Å². The van der Waals surface area contributed by atoms with E-state index in [1.54, 1.807) is 0 Å². The van der Waals surface area contributed by atoms with Gasteiger partial charge in [-0.05, 0) is 25.2 Å². The second-order valence-electron chi connectivity index (χ2n) is 4.53. The molecule has 0 spiro atoms. The molecule has 0 unspecified atom stereocenters. The molecule has 23 heavy (non-hydrogen) atoms. The topological polar surface area (TPSA) is 124 Å². The van der Waals surface area contributed by atoms with Crippen molar-refractivity contribution in [2.75, 3.05) is 0 Å². The van der Waals surface area contributed by atoms with E-state index in [4.69, 9.17) is 5.11 Å². The van der Waals surface area contributed by atoms with Gasteiger partial charge in [0.05, 0.1) is 21.5 Å². The van der Waals surface area contributed by atoms with Gasteiger partial charge in [-0.25, -0.2) is 4.79 Å². The Bertz CT molecular complexity index is 502. The summed E-state index contributed by atoms with van der Waals surface area (Å²) in [5, 5.41) is 29.2. The number of carbonyl (C=O) groups is 1. The third kappa shape index (κ3) is 7.70. The predicted molar refractivity (Wildman–Crippen MR) is 85.6 cm³/mol. The Balaban J connectivity index is 0.000000501. The highest BCUT2D eigenvalue weighted by Gasteiger charge is 2.19. The molecule has 1 fully saturated rings. The van der Waals surface area contributed by atoms with Crippen LogP contribution in [0.3, 0.4) is 0 Å². The van der Waals surface area contributed by atoms with E-state index in [0.29, 0.717) is 6.07 Å². The zero-order valence-electron chi connectivity index (χ0n) is 13.1. The van der Waals surface area contributed by atoms with Gasteiger partial charge in [0.15, 0.2) is 0 Å². The van der Waals surface area contributed by atoms with Crippen molar-refractivity contribution in [3.8, 4) is 0 Å². The van der Waals surface area contributed by atoms with Crippen molar-refractivity contribution in [2.45, 2.75) is 33.1 Å². The lowest BCUT2D eigenvalue weighted by atomic mass is 10.2. The molecule has 8 nitrogen and oxygen atoms in total. The van der Waals surface area contributed by atoms with Crippen LogP contribution in [0, 0.1) is 26.1 Å². The van der Waals surface area contributed by atoms with Crippen LogP contribution in [0.5, 0.6) is 0 Å². The number of benzene rings is 1. The van der Waals surface area contributed by atoms with E-state index < -0.39 is 32.8 Å². The molecule has 0 radical (unpaired) electrons. The van der Waals surface area contributed by atoms with E-state index in [-0.39, 0.29) is 0 Å². The van der Waals surface area contributed by atoms with Gasteiger partial charge in [-0.15, -0.1) is 6.58 Å². The zero-order chi connectivity index (χ0) is 18.0. The molecule has 0 saturated heterocycles. The number of carboxylic acids is 1. The first kappa shape index (κ1) is 20.2. The number of rotatable bonds is 5.